The number of ether oxygens (including phenoxy) is 1. The first kappa shape index (κ1) is 19.2. The van der Waals surface area contributed by atoms with E-state index in [1.807, 2.05) is 19.1 Å². The molecular formula is C17H23N3O4S2. The van der Waals surface area contributed by atoms with Crippen LogP contribution in [-0.2, 0) is 14.6 Å². The van der Waals surface area contributed by atoms with E-state index >= 15 is 0 Å². The molecule has 1 amide bonds. The number of anilines is 1. The Morgan fingerprint density at radius 2 is 2.08 bits per heavy atom. The van der Waals surface area contributed by atoms with Gasteiger partial charge < -0.3 is 15.4 Å². The molecule has 0 aromatic heterocycles. The van der Waals surface area contributed by atoms with Crippen LogP contribution < -0.4 is 10.6 Å². The van der Waals surface area contributed by atoms with E-state index in [4.69, 9.17) is 4.74 Å². The maximum atomic E-state index is 12.1. The highest BCUT2D eigenvalue weighted by Crippen LogP contribution is 2.34. The molecule has 1 saturated heterocycles. The highest BCUT2D eigenvalue weighted by Gasteiger charge is 2.42. The smallest absolute Gasteiger partial charge is 0.251 e. The first-order chi connectivity index (χ1) is 12.5. The summed E-state index contributed by atoms with van der Waals surface area (Å²) in [6, 6.07) is 7.01. The van der Waals surface area contributed by atoms with E-state index in [1.54, 1.807) is 12.1 Å². The second-order valence-corrected chi connectivity index (χ2v) is 9.63. The Hall–Kier alpha value is -1.58. The van der Waals surface area contributed by atoms with Crippen LogP contribution in [0.4, 0.5) is 5.69 Å². The fourth-order valence-electron chi connectivity index (χ4n) is 2.87. The molecule has 9 heteroatoms. The van der Waals surface area contributed by atoms with Crippen LogP contribution in [0.15, 0.2) is 29.3 Å². The Balaban J connectivity index is 1.48. The third-order valence-electron chi connectivity index (χ3n) is 4.17. The van der Waals surface area contributed by atoms with Crippen molar-refractivity contribution < 1.29 is 17.9 Å². The fourth-order valence-corrected chi connectivity index (χ4v) is 6.54. The fraction of sp³-hybridized carbons (Fsp3) is 0.529. The van der Waals surface area contributed by atoms with Crippen molar-refractivity contribution in [1.29, 1.82) is 0 Å². The molecule has 26 heavy (non-hydrogen) atoms. The highest BCUT2D eigenvalue weighted by molar-refractivity contribution is 8.15. The van der Waals surface area contributed by atoms with Gasteiger partial charge in [-0.2, -0.15) is 0 Å². The lowest BCUT2D eigenvalue weighted by atomic mass is 10.2. The standard InChI is InChI=1S/C17H23N3O4S2/c1-2-24-9-3-8-18-16(21)12-4-6-13(7-5-12)19-17-20-14-10-26(22,23)11-15(14)25-17/h4-7,14-15H,2-3,8-11H2,1H3,(H,18,21)(H,19,20)/t14-,15-/m0/s1. The molecule has 2 atom stereocenters. The average molecular weight is 398 g/mol. The van der Waals surface area contributed by atoms with Gasteiger partial charge in [0, 0.05) is 36.3 Å². The second kappa shape index (κ2) is 8.41. The zero-order valence-corrected chi connectivity index (χ0v) is 16.2. The summed E-state index contributed by atoms with van der Waals surface area (Å²) < 4.78 is 28.4. The number of nitrogens with one attached hydrogen (secondary N) is 2. The second-order valence-electron chi connectivity index (χ2n) is 6.24. The molecule has 1 aromatic rings. The Bertz CT molecular complexity index is 778. The van der Waals surface area contributed by atoms with Gasteiger partial charge in [0.05, 0.1) is 17.5 Å². The monoisotopic (exact) mass is 397 g/mol. The number of carbonyl (C=O) groups is 1. The van der Waals surface area contributed by atoms with Crippen molar-refractivity contribution in [3.63, 3.8) is 0 Å². The van der Waals surface area contributed by atoms with Crippen LogP contribution in [0, 0.1) is 0 Å². The summed E-state index contributed by atoms with van der Waals surface area (Å²) in [5.74, 6) is 0.220. The quantitative estimate of drug-likeness (QED) is 0.677. The van der Waals surface area contributed by atoms with Crippen molar-refractivity contribution in [3.05, 3.63) is 29.8 Å². The first-order valence-corrected chi connectivity index (χ1v) is 11.3. The Kier molecular flexibility index (Phi) is 6.20. The molecule has 0 radical (unpaired) electrons. The van der Waals surface area contributed by atoms with E-state index in [0.29, 0.717) is 25.3 Å². The van der Waals surface area contributed by atoms with Gasteiger partial charge in [-0.3, -0.25) is 9.79 Å². The SMILES string of the molecule is CCOCCCNC(=O)c1ccc(NC2=N[C@H]3CS(=O)(=O)C[C@@H]3S2)cc1. The molecular weight excluding hydrogens is 374 g/mol. The van der Waals surface area contributed by atoms with Gasteiger partial charge in [-0.25, -0.2) is 8.42 Å². The van der Waals surface area contributed by atoms with Gasteiger partial charge in [-0.15, -0.1) is 0 Å². The maximum Gasteiger partial charge on any atom is 0.251 e. The highest BCUT2D eigenvalue weighted by atomic mass is 32.2. The molecule has 2 N–H and O–H groups in total. The lowest BCUT2D eigenvalue weighted by Crippen LogP contribution is -2.25. The summed E-state index contributed by atoms with van der Waals surface area (Å²) in [4.78, 5) is 16.5. The number of hydrogen-bond acceptors (Lipinski definition) is 7. The molecule has 0 aliphatic carbocycles. The molecule has 0 spiro atoms. The van der Waals surface area contributed by atoms with E-state index in [0.717, 1.165) is 17.3 Å². The van der Waals surface area contributed by atoms with Gasteiger partial charge in [0.1, 0.15) is 0 Å². The van der Waals surface area contributed by atoms with Gasteiger partial charge in [-0.05, 0) is 37.6 Å². The van der Waals surface area contributed by atoms with E-state index < -0.39 is 9.84 Å². The Morgan fingerprint density at radius 1 is 1.31 bits per heavy atom. The number of benzene rings is 1. The number of fused-ring (bicyclic) bond motifs is 1. The molecule has 142 valence electrons. The largest absolute Gasteiger partial charge is 0.382 e. The van der Waals surface area contributed by atoms with Crippen LogP contribution in [0.3, 0.4) is 0 Å². The minimum atomic E-state index is -2.94. The van der Waals surface area contributed by atoms with Crippen LogP contribution in [0.1, 0.15) is 23.7 Å². The van der Waals surface area contributed by atoms with Crippen LogP contribution in [0.25, 0.3) is 0 Å². The summed E-state index contributed by atoms with van der Waals surface area (Å²) in [7, 11) is -2.94. The van der Waals surface area contributed by atoms with Crippen molar-refractivity contribution in [2.24, 2.45) is 4.99 Å². The number of sulfone groups is 1. The Labute approximate surface area is 157 Å². The summed E-state index contributed by atoms with van der Waals surface area (Å²) in [6.07, 6.45) is 0.786. The maximum absolute atomic E-state index is 12.1. The number of amides is 1. The number of carbonyl (C=O) groups excluding carboxylic acids is 1. The van der Waals surface area contributed by atoms with Crippen LogP contribution in [0.5, 0.6) is 0 Å². The number of thioether (sulfide) groups is 1. The molecule has 2 aliphatic rings. The Morgan fingerprint density at radius 3 is 2.77 bits per heavy atom. The third kappa shape index (κ3) is 4.99. The van der Waals surface area contributed by atoms with Crippen molar-refractivity contribution in [3.8, 4) is 0 Å². The van der Waals surface area contributed by atoms with E-state index in [2.05, 4.69) is 15.6 Å². The minimum absolute atomic E-state index is 0.0178. The predicted octanol–water partition coefficient (Wildman–Crippen LogP) is 1.52. The number of rotatable bonds is 7. The van der Waals surface area contributed by atoms with E-state index in [1.165, 1.54) is 11.8 Å². The minimum Gasteiger partial charge on any atom is -0.382 e. The summed E-state index contributed by atoms with van der Waals surface area (Å²) in [5.41, 5.74) is 1.42. The molecule has 2 heterocycles. The van der Waals surface area contributed by atoms with Crippen molar-refractivity contribution >= 4 is 38.4 Å². The van der Waals surface area contributed by atoms with Crippen LogP contribution >= 0.6 is 11.8 Å². The van der Waals surface area contributed by atoms with Crippen LogP contribution in [-0.4, -0.2) is 62.0 Å². The molecule has 0 saturated carbocycles. The molecule has 3 rings (SSSR count). The van der Waals surface area contributed by atoms with Crippen molar-refractivity contribution in [1.82, 2.24) is 5.32 Å². The van der Waals surface area contributed by atoms with Gasteiger partial charge in [0.2, 0.25) is 0 Å². The predicted molar refractivity (Wildman–Crippen MR) is 105 cm³/mol. The van der Waals surface area contributed by atoms with Gasteiger partial charge in [0.15, 0.2) is 15.0 Å². The van der Waals surface area contributed by atoms with Gasteiger partial charge >= 0.3 is 0 Å². The number of hydrogen-bond donors (Lipinski definition) is 2. The summed E-state index contributed by atoms with van der Waals surface area (Å²) >= 11 is 1.47. The van der Waals surface area contributed by atoms with Crippen LogP contribution in [0.2, 0.25) is 0 Å². The van der Waals surface area contributed by atoms with Crippen molar-refractivity contribution in [2.75, 3.05) is 36.6 Å². The lowest BCUT2D eigenvalue weighted by molar-refractivity contribution is 0.0944. The number of nitrogens with zero attached hydrogens (tertiary/aromatic N) is 1. The normalized spacial score (nSPS) is 23.3. The summed E-state index contributed by atoms with van der Waals surface area (Å²) in [6.45, 7) is 3.85. The zero-order chi connectivity index (χ0) is 18.6. The molecule has 7 nitrogen and oxygen atoms in total. The number of aliphatic imine (C=N–C) groups is 1. The molecule has 0 unspecified atom stereocenters. The average Bonchev–Trinajstić information content (AvgIpc) is 3.07. The van der Waals surface area contributed by atoms with E-state index in [-0.39, 0.29) is 28.7 Å². The molecule has 0 bridgehead atoms. The van der Waals surface area contributed by atoms with Crippen molar-refractivity contribution in [2.45, 2.75) is 24.6 Å². The molecule has 1 aromatic carbocycles. The molecule has 1 fully saturated rings. The van der Waals surface area contributed by atoms with Gasteiger partial charge in [0.25, 0.3) is 5.91 Å². The van der Waals surface area contributed by atoms with Gasteiger partial charge in [-0.1, -0.05) is 11.8 Å². The summed E-state index contributed by atoms with van der Waals surface area (Å²) in [5, 5.41) is 6.82. The lowest BCUT2D eigenvalue weighted by Gasteiger charge is -2.08. The topological polar surface area (TPSA) is 96.9 Å². The number of amidine groups is 1. The first-order valence-electron chi connectivity index (χ1n) is 8.65. The third-order valence-corrected chi connectivity index (χ3v) is 7.31. The van der Waals surface area contributed by atoms with E-state index in [9.17, 15) is 13.2 Å². The molecule has 2 aliphatic heterocycles. The zero-order valence-electron chi connectivity index (χ0n) is 14.6.